The Hall–Kier alpha value is -2.02. The summed E-state index contributed by atoms with van der Waals surface area (Å²) < 4.78 is 27.5. The van der Waals surface area contributed by atoms with Crippen LogP contribution in [0.5, 0.6) is 0 Å². The Morgan fingerprint density at radius 1 is 1.04 bits per heavy atom. The highest BCUT2D eigenvalue weighted by Crippen LogP contribution is 2.13. The van der Waals surface area contributed by atoms with Crippen molar-refractivity contribution in [3.8, 4) is 0 Å². The van der Waals surface area contributed by atoms with Gasteiger partial charge in [0.25, 0.3) is 0 Å². The van der Waals surface area contributed by atoms with Gasteiger partial charge in [0.2, 0.25) is 15.3 Å². The second-order valence-corrected chi connectivity index (χ2v) is 7.81. The molecule has 5 nitrogen and oxygen atoms in total. The molecule has 0 bridgehead atoms. The fourth-order valence-corrected chi connectivity index (χ4v) is 3.66. The van der Waals surface area contributed by atoms with E-state index in [-0.39, 0.29) is 11.3 Å². The van der Waals surface area contributed by atoms with Crippen molar-refractivity contribution in [3.63, 3.8) is 0 Å². The van der Waals surface area contributed by atoms with Gasteiger partial charge in [0.15, 0.2) is 5.78 Å². The molecule has 0 heterocycles. The Kier molecular flexibility index (Phi) is 6.47. The number of aryl methyl sites for hydroxylation is 1. The van der Waals surface area contributed by atoms with Gasteiger partial charge in [-0.05, 0) is 42.6 Å². The lowest BCUT2D eigenvalue weighted by molar-refractivity contribution is -0.124. The Labute approximate surface area is 152 Å². The van der Waals surface area contributed by atoms with E-state index in [0.717, 1.165) is 11.1 Å². The predicted octanol–water partition coefficient (Wildman–Crippen LogP) is 2.61. The zero-order valence-electron chi connectivity index (χ0n) is 13.6. The number of Topliss-reactive ketones (excluding diaryl/α,β-unsaturated/α-hetero) is 1. The van der Waals surface area contributed by atoms with Gasteiger partial charge in [0, 0.05) is 0 Å². The van der Waals surface area contributed by atoms with Crippen LogP contribution in [-0.2, 0) is 26.0 Å². The number of carbonyl (C=O) groups excluding carboxylic acids is 2. The van der Waals surface area contributed by atoms with E-state index in [1.165, 1.54) is 12.1 Å². The van der Waals surface area contributed by atoms with Gasteiger partial charge < -0.3 is 0 Å². The number of sulfonamides is 1. The molecule has 0 unspecified atom stereocenters. The average molecular weight is 380 g/mol. The number of halogens is 1. The second-order valence-electron chi connectivity index (χ2n) is 5.67. The van der Waals surface area contributed by atoms with Gasteiger partial charge in [-0.2, -0.15) is 0 Å². The van der Waals surface area contributed by atoms with Crippen molar-refractivity contribution < 1.29 is 18.0 Å². The first-order valence-corrected chi connectivity index (χ1v) is 9.48. The van der Waals surface area contributed by atoms with Crippen molar-refractivity contribution in [2.45, 2.75) is 30.7 Å². The van der Waals surface area contributed by atoms with E-state index in [1.54, 1.807) is 36.4 Å². The van der Waals surface area contributed by atoms with Crippen LogP contribution in [0.25, 0.3) is 0 Å². The maximum atomic E-state index is 12.6. The van der Waals surface area contributed by atoms with Crippen LogP contribution in [0.15, 0.2) is 59.5 Å². The van der Waals surface area contributed by atoms with E-state index in [0.29, 0.717) is 0 Å². The second kappa shape index (κ2) is 8.38. The lowest BCUT2D eigenvalue weighted by atomic mass is 10.0. The van der Waals surface area contributed by atoms with Crippen molar-refractivity contribution in [3.05, 3.63) is 65.7 Å². The van der Waals surface area contributed by atoms with Gasteiger partial charge in [-0.1, -0.05) is 48.0 Å². The van der Waals surface area contributed by atoms with Crippen LogP contribution >= 0.6 is 11.6 Å². The molecule has 0 radical (unpaired) electrons. The summed E-state index contributed by atoms with van der Waals surface area (Å²) in [4.78, 5) is 23.4. The zero-order chi connectivity index (χ0) is 18.4. The molecule has 2 aromatic rings. The van der Waals surface area contributed by atoms with E-state index in [2.05, 4.69) is 4.72 Å². The average Bonchev–Trinajstić information content (AvgIpc) is 2.55. The van der Waals surface area contributed by atoms with Gasteiger partial charge in [-0.15, -0.1) is 0 Å². The van der Waals surface area contributed by atoms with E-state index in [4.69, 9.17) is 11.6 Å². The monoisotopic (exact) mass is 379 g/mol. The number of carbonyl (C=O) groups is 2. The van der Waals surface area contributed by atoms with Gasteiger partial charge in [-0.3, -0.25) is 9.59 Å². The lowest BCUT2D eigenvalue weighted by Crippen LogP contribution is -2.42. The van der Waals surface area contributed by atoms with Crippen LogP contribution in [0.4, 0.5) is 0 Å². The number of nitrogens with one attached hydrogen (secondary N) is 1. The topological polar surface area (TPSA) is 80.3 Å². The molecule has 132 valence electrons. The fourth-order valence-electron chi connectivity index (χ4n) is 2.30. The first-order chi connectivity index (χ1) is 11.8. The van der Waals surface area contributed by atoms with Crippen molar-refractivity contribution >= 4 is 32.6 Å². The van der Waals surface area contributed by atoms with Gasteiger partial charge >= 0.3 is 0 Å². The quantitative estimate of drug-likeness (QED) is 0.564. The third-order valence-electron chi connectivity index (χ3n) is 3.61. The molecule has 1 N–H and O–H groups in total. The summed E-state index contributed by atoms with van der Waals surface area (Å²) in [7, 11) is -3.90. The van der Waals surface area contributed by atoms with Crippen LogP contribution < -0.4 is 4.72 Å². The molecule has 0 aliphatic rings. The molecule has 0 fully saturated rings. The molecular formula is C18H18ClNO4S. The predicted molar refractivity (Wildman–Crippen MR) is 95.9 cm³/mol. The van der Waals surface area contributed by atoms with E-state index in [9.17, 15) is 18.0 Å². The molecule has 0 amide bonds. The highest BCUT2D eigenvalue weighted by molar-refractivity contribution is 7.89. The Balaban J connectivity index is 2.26. The normalized spacial score (nSPS) is 12.6. The first-order valence-electron chi connectivity index (χ1n) is 7.62. The maximum Gasteiger partial charge on any atom is 0.241 e. The summed E-state index contributed by atoms with van der Waals surface area (Å²) in [5, 5.41) is -0.822. The smallest absolute Gasteiger partial charge is 0.241 e. The summed E-state index contributed by atoms with van der Waals surface area (Å²) in [6.07, 6.45) is -0.398. The minimum Gasteiger partial charge on any atom is -0.297 e. The molecule has 1 atom stereocenters. The molecule has 25 heavy (non-hydrogen) atoms. The summed E-state index contributed by atoms with van der Waals surface area (Å²) >= 11 is 5.29. The molecule has 0 aliphatic carbocycles. The van der Waals surface area contributed by atoms with Gasteiger partial charge in [0.05, 0.1) is 17.4 Å². The standard InChI is InChI=1S/C18H18ClNO4S/c1-13-7-9-15(10-8-13)25(23,24)20-16(17(21)12-18(19)22)11-14-5-3-2-4-6-14/h2-10,16,20H,11-12H2,1H3/t16-/m0/s1. The van der Waals surface area contributed by atoms with Crippen LogP contribution in [0.3, 0.4) is 0 Å². The minimum atomic E-state index is -3.90. The first kappa shape index (κ1) is 19.3. The number of ketones is 1. The highest BCUT2D eigenvalue weighted by Gasteiger charge is 2.27. The van der Waals surface area contributed by atoms with Crippen LogP contribution in [0.2, 0.25) is 0 Å². The Bertz CT molecular complexity index is 848. The largest absolute Gasteiger partial charge is 0.297 e. The Morgan fingerprint density at radius 3 is 2.20 bits per heavy atom. The van der Waals surface area contributed by atoms with E-state index < -0.39 is 33.5 Å². The third-order valence-corrected chi connectivity index (χ3v) is 5.23. The molecule has 0 spiro atoms. The molecule has 0 aliphatic heterocycles. The van der Waals surface area contributed by atoms with Gasteiger partial charge in [0.1, 0.15) is 0 Å². The minimum absolute atomic E-state index is 0.0566. The molecule has 2 rings (SSSR count). The molecule has 0 saturated carbocycles. The third kappa shape index (κ3) is 5.77. The van der Waals surface area contributed by atoms with Crippen LogP contribution in [0, 0.1) is 6.92 Å². The highest BCUT2D eigenvalue weighted by atomic mass is 35.5. The molecule has 7 heteroatoms. The number of hydrogen-bond acceptors (Lipinski definition) is 4. The fraction of sp³-hybridized carbons (Fsp3) is 0.222. The summed E-state index contributed by atoms with van der Waals surface area (Å²) in [6.45, 7) is 1.84. The van der Waals surface area contributed by atoms with E-state index >= 15 is 0 Å². The Morgan fingerprint density at radius 2 is 1.64 bits per heavy atom. The summed E-state index contributed by atoms with van der Waals surface area (Å²) in [5.41, 5.74) is 1.69. The summed E-state index contributed by atoms with van der Waals surface area (Å²) in [6, 6.07) is 14.2. The van der Waals surface area contributed by atoms with Crippen molar-refractivity contribution in [2.75, 3.05) is 0 Å². The van der Waals surface area contributed by atoms with Crippen molar-refractivity contribution in [2.24, 2.45) is 0 Å². The summed E-state index contributed by atoms with van der Waals surface area (Å²) in [5.74, 6) is -0.570. The molecule has 0 aromatic heterocycles. The molecule has 0 saturated heterocycles. The van der Waals surface area contributed by atoms with E-state index in [1.807, 2.05) is 13.0 Å². The van der Waals surface area contributed by atoms with Crippen LogP contribution in [-0.4, -0.2) is 25.5 Å². The number of benzene rings is 2. The number of hydrogen-bond donors (Lipinski definition) is 1. The number of rotatable bonds is 8. The molecule has 2 aromatic carbocycles. The SMILES string of the molecule is Cc1ccc(S(=O)(=O)N[C@@H](Cc2ccccc2)C(=O)CC(=O)Cl)cc1. The molecular weight excluding hydrogens is 362 g/mol. The zero-order valence-corrected chi connectivity index (χ0v) is 15.2. The van der Waals surface area contributed by atoms with Crippen molar-refractivity contribution in [1.29, 1.82) is 0 Å². The maximum absolute atomic E-state index is 12.6. The van der Waals surface area contributed by atoms with Crippen LogP contribution in [0.1, 0.15) is 17.5 Å². The lowest BCUT2D eigenvalue weighted by Gasteiger charge is -2.17. The van der Waals surface area contributed by atoms with Gasteiger partial charge in [-0.25, -0.2) is 13.1 Å². The van der Waals surface area contributed by atoms with Crippen molar-refractivity contribution in [1.82, 2.24) is 4.72 Å².